The molecule has 1 aliphatic rings. The highest BCUT2D eigenvalue weighted by molar-refractivity contribution is 5.63. The zero-order valence-corrected chi connectivity index (χ0v) is 10.2. The van der Waals surface area contributed by atoms with Gasteiger partial charge in [-0.2, -0.15) is 0 Å². The van der Waals surface area contributed by atoms with E-state index in [1.165, 1.54) is 22.3 Å². The Hall–Kier alpha value is -1.50. The number of hydrogen-bond acceptors (Lipinski definition) is 1. The van der Waals surface area contributed by atoms with Gasteiger partial charge in [-0.05, 0) is 50.5 Å². The summed E-state index contributed by atoms with van der Waals surface area (Å²) in [5.41, 5.74) is 5.15. The third-order valence-electron chi connectivity index (χ3n) is 2.69. The first-order valence-electron chi connectivity index (χ1n) is 5.73. The van der Waals surface area contributed by atoms with E-state index in [0.29, 0.717) is 6.61 Å². The summed E-state index contributed by atoms with van der Waals surface area (Å²) in [5.74, 6) is 1.06. The van der Waals surface area contributed by atoms with Gasteiger partial charge in [0.25, 0.3) is 0 Å². The van der Waals surface area contributed by atoms with Gasteiger partial charge in [0, 0.05) is 5.56 Å². The lowest BCUT2D eigenvalue weighted by Crippen LogP contribution is -2.04. The van der Waals surface area contributed by atoms with Gasteiger partial charge in [-0.15, -0.1) is 0 Å². The molecule has 0 N–H and O–H groups in total. The number of aryl methyl sites for hydroxylation is 1. The molecule has 1 nitrogen and oxygen atoms in total. The van der Waals surface area contributed by atoms with Gasteiger partial charge in [0.1, 0.15) is 12.4 Å². The second-order valence-corrected chi connectivity index (χ2v) is 4.54. The molecule has 0 aromatic heterocycles. The maximum atomic E-state index is 5.73. The minimum Gasteiger partial charge on any atom is -0.489 e. The van der Waals surface area contributed by atoms with Crippen molar-refractivity contribution in [2.24, 2.45) is 0 Å². The zero-order chi connectivity index (χ0) is 11.5. The number of hydrogen-bond donors (Lipinski definition) is 0. The zero-order valence-electron chi connectivity index (χ0n) is 10.2. The summed E-state index contributed by atoms with van der Waals surface area (Å²) >= 11 is 0. The fraction of sp³-hybridized carbons (Fsp3) is 0.333. The van der Waals surface area contributed by atoms with Gasteiger partial charge in [-0.3, -0.25) is 0 Å². The smallest absolute Gasteiger partial charge is 0.130 e. The molecule has 0 radical (unpaired) electrons. The summed E-state index contributed by atoms with van der Waals surface area (Å²) in [6.07, 6.45) is 7.42. The average Bonchev–Trinajstić information content (AvgIpc) is 2.25. The molecule has 16 heavy (non-hydrogen) atoms. The third-order valence-corrected chi connectivity index (χ3v) is 2.69. The van der Waals surface area contributed by atoms with Gasteiger partial charge in [0.15, 0.2) is 0 Å². The van der Waals surface area contributed by atoms with E-state index in [9.17, 15) is 0 Å². The predicted octanol–water partition coefficient (Wildman–Crippen LogP) is 3.91. The number of fused-ring (bicyclic) bond motifs is 1. The molecule has 2 rings (SSSR count). The molecule has 0 fully saturated rings. The number of allylic oxidation sites excluding steroid dienone is 2. The van der Waals surface area contributed by atoms with Crippen LogP contribution in [0.25, 0.3) is 6.08 Å². The van der Waals surface area contributed by atoms with E-state index in [0.717, 1.165) is 12.2 Å². The Morgan fingerprint density at radius 3 is 2.94 bits per heavy atom. The van der Waals surface area contributed by atoms with Crippen molar-refractivity contribution in [3.63, 3.8) is 0 Å². The van der Waals surface area contributed by atoms with Crippen LogP contribution in [0.15, 0.2) is 29.9 Å². The minimum absolute atomic E-state index is 0.692. The highest BCUT2D eigenvalue weighted by Crippen LogP contribution is 2.30. The van der Waals surface area contributed by atoms with Crippen molar-refractivity contribution in [1.82, 2.24) is 0 Å². The van der Waals surface area contributed by atoms with E-state index in [1.54, 1.807) is 0 Å². The highest BCUT2D eigenvalue weighted by Gasteiger charge is 2.11. The van der Waals surface area contributed by atoms with Gasteiger partial charge < -0.3 is 4.74 Å². The van der Waals surface area contributed by atoms with Gasteiger partial charge in [-0.25, -0.2) is 0 Å². The SMILES string of the molecule is CC(C)=CCc1cc(C)cc2c1OCC=C2. The highest BCUT2D eigenvalue weighted by atomic mass is 16.5. The number of benzene rings is 1. The maximum Gasteiger partial charge on any atom is 0.130 e. The summed E-state index contributed by atoms with van der Waals surface area (Å²) in [5, 5.41) is 0. The van der Waals surface area contributed by atoms with Crippen LogP contribution in [0.5, 0.6) is 5.75 Å². The van der Waals surface area contributed by atoms with Crippen LogP contribution < -0.4 is 4.74 Å². The molecule has 1 heteroatoms. The molecule has 0 atom stereocenters. The quantitative estimate of drug-likeness (QED) is 0.678. The van der Waals surface area contributed by atoms with E-state index in [2.05, 4.69) is 51.1 Å². The molecular formula is C15H18O. The monoisotopic (exact) mass is 214 g/mol. The summed E-state index contributed by atoms with van der Waals surface area (Å²) in [6.45, 7) is 7.08. The van der Waals surface area contributed by atoms with Crippen LogP contribution in [-0.4, -0.2) is 6.61 Å². The van der Waals surface area contributed by atoms with E-state index in [1.807, 2.05) is 0 Å². The lowest BCUT2D eigenvalue weighted by atomic mass is 10.00. The van der Waals surface area contributed by atoms with Crippen LogP contribution in [-0.2, 0) is 6.42 Å². The number of ether oxygens (including phenoxy) is 1. The lowest BCUT2D eigenvalue weighted by molar-refractivity contribution is 0.355. The van der Waals surface area contributed by atoms with Gasteiger partial charge >= 0.3 is 0 Å². The summed E-state index contributed by atoms with van der Waals surface area (Å²) in [6, 6.07) is 4.40. The van der Waals surface area contributed by atoms with Crippen molar-refractivity contribution < 1.29 is 4.74 Å². The fourth-order valence-electron chi connectivity index (χ4n) is 1.95. The predicted molar refractivity (Wildman–Crippen MR) is 68.8 cm³/mol. The molecule has 0 spiro atoms. The molecule has 84 valence electrons. The van der Waals surface area contributed by atoms with E-state index < -0.39 is 0 Å². The summed E-state index contributed by atoms with van der Waals surface area (Å²) < 4.78 is 5.73. The summed E-state index contributed by atoms with van der Waals surface area (Å²) in [7, 11) is 0. The first kappa shape index (κ1) is 11.0. The maximum absolute atomic E-state index is 5.73. The standard InChI is InChI=1S/C15H18O/c1-11(2)6-7-14-10-12(3)9-13-5-4-8-16-15(13)14/h4-6,9-10H,7-8H2,1-3H3. The van der Waals surface area contributed by atoms with E-state index in [-0.39, 0.29) is 0 Å². The first-order chi connectivity index (χ1) is 7.66. The van der Waals surface area contributed by atoms with Crippen LogP contribution in [0.4, 0.5) is 0 Å². The normalized spacial score (nSPS) is 12.9. The fourth-order valence-corrected chi connectivity index (χ4v) is 1.95. The Morgan fingerprint density at radius 2 is 2.19 bits per heavy atom. The van der Waals surface area contributed by atoms with Gasteiger partial charge in [0.2, 0.25) is 0 Å². The minimum atomic E-state index is 0.692. The van der Waals surface area contributed by atoms with Crippen molar-refractivity contribution in [2.75, 3.05) is 6.61 Å². The molecule has 0 amide bonds. The molecular weight excluding hydrogens is 196 g/mol. The molecule has 1 aromatic carbocycles. The topological polar surface area (TPSA) is 9.23 Å². The van der Waals surface area contributed by atoms with Crippen LogP contribution >= 0.6 is 0 Å². The molecule has 1 aromatic rings. The molecule has 1 aliphatic heterocycles. The Morgan fingerprint density at radius 1 is 1.38 bits per heavy atom. The van der Waals surface area contributed by atoms with Crippen molar-refractivity contribution >= 4 is 6.08 Å². The van der Waals surface area contributed by atoms with Gasteiger partial charge in [0.05, 0.1) is 0 Å². The van der Waals surface area contributed by atoms with Gasteiger partial charge in [-0.1, -0.05) is 23.8 Å². The Balaban J connectivity index is 2.40. The van der Waals surface area contributed by atoms with Crippen LogP contribution in [0.2, 0.25) is 0 Å². The Kier molecular flexibility index (Phi) is 3.14. The molecule has 0 saturated heterocycles. The van der Waals surface area contributed by atoms with Crippen molar-refractivity contribution in [3.05, 3.63) is 46.5 Å². The second-order valence-electron chi connectivity index (χ2n) is 4.54. The lowest BCUT2D eigenvalue weighted by Gasteiger charge is -2.17. The largest absolute Gasteiger partial charge is 0.489 e. The van der Waals surface area contributed by atoms with Crippen molar-refractivity contribution in [1.29, 1.82) is 0 Å². The second kappa shape index (κ2) is 4.56. The van der Waals surface area contributed by atoms with Crippen LogP contribution in [0.1, 0.15) is 30.5 Å². The average molecular weight is 214 g/mol. The van der Waals surface area contributed by atoms with E-state index >= 15 is 0 Å². The number of rotatable bonds is 2. The van der Waals surface area contributed by atoms with E-state index in [4.69, 9.17) is 4.74 Å². The molecule has 0 saturated carbocycles. The Labute approximate surface area is 97.4 Å². The van der Waals surface area contributed by atoms with Crippen LogP contribution in [0.3, 0.4) is 0 Å². The molecule has 0 unspecified atom stereocenters. The first-order valence-corrected chi connectivity index (χ1v) is 5.73. The molecule has 1 heterocycles. The van der Waals surface area contributed by atoms with Crippen LogP contribution in [0, 0.1) is 6.92 Å². The van der Waals surface area contributed by atoms with Crippen molar-refractivity contribution in [3.8, 4) is 5.75 Å². The summed E-state index contributed by atoms with van der Waals surface area (Å²) in [4.78, 5) is 0. The Bertz CT molecular complexity index is 449. The third kappa shape index (κ3) is 2.35. The molecule has 0 aliphatic carbocycles. The van der Waals surface area contributed by atoms with Crippen molar-refractivity contribution in [2.45, 2.75) is 27.2 Å². The molecule has 0 bridgehead atoms.